The van der Waals surface area contributed by atoms with Crippen LogP contribution < -0.4 is 0 Å². The number of rotatable bonds is 7. The van der Waals surface area contributed by atoms with E-state index in [9.17, 15) is 4.57 Å². The molecular formula is C7H15O4P. The Labute approximate surface area is 72.4 Å². The molecule has 0 aromatic carbocycles. The first-order valence-electron chi connectivity index (χ1n) is 3.83. The van der Waals surface area contributed by atoms with Crippen molar-refractivity contribution < 1.29 is 19.1 Å². The quantitative estimate of drug-likeness (QED) is 0.366. The Kier molecular flexibility index (Phi) is 6.07. The molecule has 2 N–H and O–H groups in total. The molecule has 0 unspecified atom stereocenters. The van der Waals surface area contributed by atoms with Crippen molar-refractivity contribution in [1.29, 1.82) is 0 Å². The second kappa shape index (κ2) is 6.23. The maximum absolute atomic E-state index is 10.4. The maximum atomic E-state index is 10.4. The third kappa shape index (κ3) is 9.69. The summed E-state index contributed by atoms with van der Waals surface area (Å²) < 4.78 is 15.2. The average Bonchev–Trinajstić information content (AvgIpc) is 1.94. The molecule has 5 heteroatoms. The van der Waals surface area contributed by atoms with Crippen molar-refractivity contribution >= 4 is 7.60 Å². The van der Waals surface area contributed by atoms with Crippen LogP contribution in [0.2, 0.25) is 0 Å². The SMILES string of the molecule is C=COCCCCCP(=O)(O)O. The molecule has 0 atom stereocenters. The molecule has 0 rings (SSSR count). The van der Waals surface area contributed by atoms with Crippen LogP contribution in [0.3, 0.4) is 0 Å². The lowest BCUT2D eigenvalue weighted by atomic mass is 10.3. The zero-order valence-electron chi connectivity index (χ0n) is 6.98. The van der Waals surface area contributed by atoms with Gasteiger partial charge in [-0.3, -0.25) is 4.57 Å². The normalized spacial score (nSPS) is 11.2. The summed E-state index contributed by atoms with van der Waals surface area (Å²) in [7, 11) is -3.78. The van der Waals surface area contributed by atoms with E-state index in [1.165, 1.54) is 6.26 Å². The summed E-state index contributed by atoms with van der Waals surface area (Å²) in [6.45, 7) is 3.95. The van der Waals surface area contributed by atoms with Gasteiger partial charge in [0.1, 0.15) is 0 Å². The van der Waals surface area contributed by atoms with Gasteiger partial charge in [-0.05, 0) is 19.3 Å². The smallest absolute Gasteiger partial charge is 0.325 e. The van der Waals surface area contributed by atoms with E-state index in [1.807, 2.05) is 0 Å². The predicted octanol–water partition coefficient (Wildman–Crippen LogP) is 1.49. The zero-order valence-corrected chi connectivity index (χ0v) is 7.87. The Morgan fingerprint density at radius 1 is 1.33 bits per heavy atom. The van der Waals surface area contributed by atoms with Crippen molar-refractivity contribution in [3.8, 4) is 0 Å². The van der Waals surface area contributed by atoms with Gasteiger partial charge in [-0.2, -0.15) is 0 Å². The van der Waals surface area contributed by atoms with E-state index >= 15 is 0 Å². The summed E-state index contributed by atoms with van der Waals surface area (Å²) in [5, 5.41) is 0. The summed E-state index contributed by atoms with van der Waals surface area (Å²) in [6.07, 6.45) is 3.47. The fourth-order valence-corrected chi connectivity index (χ4v) is 1.40. The molecular weight excluding hydrogens is 179 g/mol. The number of hydrogen-bond donors (Lipinski definition) is 2. The van der Waals surface area contributed by atoms with E-state index < -0.39 is 7.60 Å². The van der Waals surface area contributed by atoms with Crippen molar-refractivity contribution in [2.24, 2.45) is 0 Å². The van der Waals surface area contributed by atoms with Crippen LogP contribution in [0.1, 0.15) is 19.3 Å². The molecule has 0 bridgehead atoms. The van der Waals surface area contributed by atoms with E-state index in [1.54, 1.807) is 0 Å². The second-order valence-electron chi connectivity index (χ2n) is 2.49. The molecule has 72 valence electrons. The number of unbranched alkanes of at least 4 members (excludes halogenated alkanes) is 2. The molecule has 0 spiro atoms. The minimum atomic E-state index is -3.78. The number of hydrogen-bond acceptors (Lipinski definition) is 2. The van der Waals surface area contributed by atoms with E-state index in [-0.39, 0.29) is 6.16 Å². The van der Waals surface area contributed by atoms with Crippen LogP contribution in [0, 0.1) is 0 Å². The van der Waals surface area contributed by atoms with Crippen LogP contribution in [0.5, 0.6) is 0 Å². The molecule has 0 aromatic rings. The first-order chi connectivity index (χ1) is 5.56. The molecule has 4 nitrogen and oxygen atoms in total. The summed E-state index contributed by atoms with van der Waals surface area (Å²) in [6, 6.07) is 0. The second-order valence-corrected chi connectivity index (χ2v) is 4.26. The lowest BCUT2D eigenvalue weighted by Gasteiger charge is -2.03. The van der Waals surface area contributed by atoms with Crippen molar-refractivity contribution in [2.75, 3.05) is 12.8 Å². The Bertz CT molecular complexity index is 163. The lowest BCUT2D eigenvalue weighted by Crippen LogP contribution is -1.91. The highest BCUT2D eigenvalue weighted by atomic mass is 31.2. The van der Waals surface area contributed by atoms with Crippen molar-refractivity contribution in [2.45, 2.75) is 19.3 Å². The van der Waals surface area contributed by atoms with Crippen LogP contribution in [-0.4, -0.2) is 22.6 Å². The molecule has 0 aromatic heterocycles. The zero-order chi connectivity index (χ0) is 9.45. The molecule has 0 aliphatic heterocycles. The van der Waals surface area contributed by atoms with Gasteiger partial charge in [0.2, 0.25) is 0 Å². The standard InChI is InChI=1S/C7H15O4P/c1-2-11-6-4-3-5-7-12(8,9)10/h2H,1,3-7H2,(H2,8,9,10). The Morgan fingerprint density at radius 2 is 2.00 bits per heavy atom. The summed E-state index contributed by atoms with van der Waals surface area (Å²) in [5.74, 6) is 0. The first kappa shape index (κ1) is 11.7. The molecule has 0 aliphatic carbocycles. The van der Waals surface area contributed by atoms with Crippen LogP contribution in [-0.2, 0) is 9.30 Å². The van der Waals surface area contributed by atoms with E-state index in [4.69, 9.17) is 14.5 Å². The van der Waals surface area contributed by atoms with Gasteiger partial charge in [0.25, 0.3) is 0 Å². The van der Waals surface area contributed by atoms with Gasteiger partial charge in [-0.25, -0.2) is 0 Å². The molecule has 0 heterocycles. The van der Waals surface area contributed by atoms with E-state index in [0.717, 1.165) is 12.8 Å². The Hall–Kier alpha value is -0.310. The lowest BCUT2D eigenvalue weighted by molar-refractivity contribution is 0.242. The van der Waals surface area contributed by atoms with Gasteiger partial charge in [0.15, 0.2) is 0 Å². The third-order valence-corrected chi connectivity index (χ3v) is 2.23. The van der Waals surface area contributed by atoms with Gasteiger partial charge in [0, 0.05) is 6.16 Å². The third-order valence-electron chi connectivity index (χ3n) is 1.33. The van der Waals surface area contributed by atoms with E-state index in [2.05, 4.69) is 6.58 Å². The maximum Gasteiger partial charge on any atom is 0.325 e. The minimum Gasteiger partial charge on any atom is -0.502 e. The van der Waals surface area contributed by atoms with Gasteiger partial charge >= 0.3 is 7.60 Å². The molecule has 0 fully saturated rings. The van der Waals surface area contributed by atoms with E-state index in [0.29, 0.717) is 13.0 Å². The van der Waals surface area contributed by atoms with Crippen LogP contribution >= 0.6 is 7.60 Å². The molecule has 0 amide bonds. The molecule has 0 saturated heterocycles. The highest BCUT2D eigenvalue weighted by molar-refractivity contribution is 7.51. The highest BCUT2D eigenvalue weighted by Gasteiger charge is 2.10. The molecule has 0 saturated carbocycles. The van der Waals surface area contributed by atoms with Crippen molar-refractivity contribution in [3.63, 3.8) is 0 Å². The van der Waals surface area contributed by atoms with Crippen molar-refractivity contribution in [1.82, 2.24) is 0 Å². The fraction of sp³-hybridized carbons (Fsp3) is 0.714. The van der Waals surface area contributed by atoms with Crippen LogP contribution in [0.25, 0.3) is 0 Å². The van der Waals surface area contributed by atoms with Crippen LogP contribution in [0.15, 0.2) is 12.8 Å². The van der Waals surface area contributed by atoms with Gasteiger partial charge in [-0.1, -0.05) is 6.58 Å². The van der Waals surface area contributed by atoms with Crippen LogP contribution in [0.4, 0.5) is 0 Å². The number of ether oxygens (including phenoxy) is 1. The topological polar surface area (TPSA) is 66.8 Å². The Balaban J connectivity index is 3.11. The largest absolute Gasteiger partial charge is 0.502 e. The first-order valence-corrected chi connectivity index (χ1v) is 5.63. The summed E-state index contributed by atoms with van der Waals surface area (Å²) in [4.78, 5) is 17.0. The van der Waals surface area contributed by atoms with Gasteiger partial charge in [0.05, 0.1) is 12.9 Å². The molecule has 0 aliphatic rings. The molecule has 0 radical (unpaired) electrons. The minimum absolute atomic E-state index is 0.0267. The average molecular weight is 194 g/mol. The highest BCUT2D eigenvalue weighted by Crippen LogP contribution is 2.35. The monoisotopic (exact) mass is 194 g/mol. The van der Waals surface area contributed by atoms with Gasteiger partial charge < -0.3 is 14.5 Å². The van der Waals surface area contributed by atoms with Gasteiger partial charge in [-0.15, -0.1) is 0 Å². The summed E-state index contributed by atoms with van der Waals surface area (Å²) >= 11 is 0. The van der Waals surface area contributed by atoms with Crippen molar-refractivity contribution in [3.05, 3.63) is 12.8 Å². The fourth-order valence-electron chi connectivity index (χ4n) is 0.763. The molecule has 12 heavy (non-hydrogen) atoms. The Morgan fingerprint density at radius 3 is 2.50 bits per heavy atom. The summed E-state index contributed by atoms with van der Waals surface area (Å²) in [5.41, 5.74) is 0. The predicted molar refractivity (Wildman–Crippen MR) is 46.9 cm³/mol.